The highest BCUT2D eigenvalue weighted by Crippen LogP contribution is 2.41. The second-order valence-corrected chi connectivity index (χ2v) is 15.8. The lowest BCUT2D eigenvalue weighted by Crippen LogP contribution is -2.47. The van der Waals surface area contributed by atoms with Crippen molar-refractivity contribution in [3.8, 4) is 5.69 Å². The van der Waals surface area contributed by atoms with Gasteiger partial charge in [-0.3, -0.25) is 10.1 Å². The molecule has 4 heterocycles. The van der Waals surface area contributed by atoms with Crippen LogP contribution in [0.15, 0.2) is 78.2 Å². The first-order valence-electron chi connectivity index (χ1n) is 16.8. The maximum absolute atomic E-state index is 13.6. The SMILES string of the molecule is Cc1ccc(-n2nc(C(C)(C)C)cc2NC(=O)Nc2cccc(CC3CC4CCC(C3)N4C(=O)Cc3csc4ccc(Cl)cc34)c2)cc1. The minimum Gasteiger partial charge on any atom is -0.336 e. The number of carbonyl (C=O) groups is 2. The third-order valence-electron chi connectivity index (χ3n) is 9.78. The van der Waals surface area contributed by atoms with Crippen LogP contribution in [0.5, 0.6) is 0 Å². The second kappa shape index (κ2) is 13.1. The predicted molar refractivity (Wildman–Crippen MR) is 197 cm³/mol. The summed E-state index contributed by atoms with van der Waals surface area (Å²) in [5, 5.41) is 14.8. The molecule has 2 unspecified atom stereocenters. The number of halogens is 1. The van der Waals surface area contributed by atoms with Crippen molar-refractivity contribution in [1.82, 2.24) is 14.7 Å². The molecule has 0 saturated carbocycles. The molecule has 2 atom stereocenters. The molecule has 3 amide bonds. The van der Waals surface area contributed by atoms with Crippen molar-refractivity contribution >= 4 is 56.5 Å². The van der Waals surface area contributed by atoms with E-state index in [2.05, 4.69) is 53.8 Å². The fourth-order valence-corrected chi connectivity index (χ4v) is 8.53. The van der Waals surface area contributed by atoms with Crippen LogP contribution in [0.25, 0.3) is 15.8 Å². The van der Waals surface area contributed by atoms with Gasteiger partial charge in [0.1, 0.15) is 5.82 Å². The standard InChI is InChI=1S/C39H42ClN5O2S/c1-24-8-11-30(12-9-24)45-36(22-35(43-45)39(2,3)4)42-38(47)41-29-7-5-6-25(17-29)16-26-18-31-13-14-32(19-26)44(31)37(46)20-27-23-48-34-15-10-28(40)21-33(27)34/h5-12,15,17,21-23,26,31-32H,13-14,16,18-20H2,1-4H3,(H2,41,42,47). The van der Waals surface area contributed by atoms with Crippen LogP contribution in [-0.4, -0.2) is 38.7 Å². The molecule has 2 N–H and O–H groups in total. The summed E-state index contributed by atoms with van der Waals surface area (Å²) < 4.78 is 2.96. The number of piperidine rings is 1. The zero-order chi connectivity index (χ0) is 33.6. The van der Waals surface area contributed by atoms with Crippen LogP contribution in [0.4, 0.5) is 16.3 Å². The third-order valence-corrected chi connectivity index (χ3v) is 11.0. The van der Waals surface area contributed by atoms with E-state index in [9.17, 15) is 9.59 Å². The Labute approximate surface area is 291 Å². The first kappa shape index (κ1) is 32.4. The minimum atomic E-state index is -0.314. The molecular weight excluding hydrogens is 638 g/mol. The number of fused-ring (bicyclic) bond motifs is 3. The normalized spacial score (nSPS) is 19.1. The molecule has 7 nitrogen and oxygen atoms in total. The van der Waals surface area contributed by atoms with E-state index in [1.807, 2.05) is 67.6 Å². The maximum Gasteiger partial charge on any atom is 0.324 e. The quantitative estimate of drug-likeness (QED) is 0.180. The van der Waals surface area contributed by atoms with Gasteiger partial charge in [-0.2, -0.15) is 5.10 Å². The Balaban J connectivity index is 0.986. The van der Waals surface area contributed by atoms with Crippen LogP contribution >= 0.6 is 22.9 Å². The number of nitrogens with one attached hydrogen (secondary N) is 2. The van der Waals surface area contributed by atoms with Crippen molar-refractivity contribution in [3.63, 3.8) is 0 Å². The highest BCUT2D eigenvalue weighted by molar-refractivity contribution is 7.17. The molecular formula is C39H42ClN5O2S. The van der Waals surface area contributed by atoms with Crippen molar-refractivity contribution < 1.29 is 9.59 Å². The Morgan fingerprint density at radius 3 is 2.44 bits per heavy atom. The number of urea groups is 1. The largest absolute Gasteiger partial charge is 0.336 e. The fourth-order valence-electron chi connectivity index (χ4n) is 7.42. The van der Waals surface area contributed by atoms with E-state index in [1.54, 1.807) is 16.0 Å². The molecule has 2 saturated heterocycles. The first-order chi connectivity index (χ1) is 23.0. The summed E-state index contributed by atoms with van der Waals surface area (Å²) in [4.78, 5) is 29.1. The molecule has 0 spiro atoms. The summed E-state index contributed by atoms with van der Waals surface area (Å²) in [6.07, 6.45) is 5.51. The molecule has 248 valence electrons. The van der Waals surface area contributed by atoms with Crippen LogP contribution in [0.2, 0.25) is 5.02 Å². The highest BCUT2D eigenvalue weighted by Gasteiger charge is 2.43. The Morgan fingerprint density at radius 1 is 0.958 bits per heavy atom. The third kappa shape index (κ3) is 6.87. The fraction of sp³-hybridized carbons (Fsp3) is 0.359. The zero-order valence-electron chi connectivity index (χ0n) is 27.9. The van der Waals surface area contributed by atoms with Crippen LogP contribution in [0.3, 0.4) is 0 Å². The molecule has 9 heteroatoms. The number of amides is 3. The van der Waals surface area contributed by atoms with Gasteiger partial charge in [-0.15, -0.1) is 11.3 Å². The van der Waals surface area contributed by atoms with Gasteiger partial charge in [-0.05, 0) is 109 Å². The van der Waals surface area contributed by atoms with E-state index in [0.717, 1.165) is 65.7 Å². The van der Waals surface area contributed by atoms with Crippen LogP contribution in [0, 0.1) is 12.8 Å². The van der Waals surface area contributed by atoms with Crippen LogP contribution in [-0.2, 0) is 23.1 Å². The van der Waals surface area contributed by atoms with Crippen molar-refractivity contribution in [1.29, 1.82) is 0 Å². The van der Waals surface area contributed by atoms with Gasteiger partial charge >= 0.3 is 6.03 Å². The van der Waals surface area contributed by atoms with Crippen molar-refractivity contribution in [3.05, 3.63) is 106 Å². The van der Waals surface area contributed by atoms with E-state index in [4.69, 9.17) is 16.7 Å². The Bertz CT molecular complexity index is 1960. The Hall–Kier alpha value is -4.14. The summed E-state index contributed by atoms with van der Waals surface area (Å²) >= 11 is 7.94. The van der Waals surface area contributed by atoms with Gasteiger partial charge in [-0.25, -0.2) is 9.48 Å². The van der Waals surface area contributed by atoms with E-state index in [0.29, 0.717) is 23.2 Å². The van der Waals surface area contributed by atoms with Gasteiger partial charge in [0.05, 0.1) is 17.8 Å². The predicted octanol–water partition coefficient (Wildman–Crippen LogP) is 9.55. The number of carbonyl (C=O) groups excluding carboxylic acids is 2. The molecule has 7 rings (SSSR count). The molecule has 2 aliphatic heterocycles. The van der Waals surface area contributed by atoms with Crippen LogP contribution in [0.1, 0.15) is 68.8 Å². The van der Waals surface area contributed by atoms with Crippen molar-refractivity contribution in [2.75, 3.05) is 10.6 Å². The number of thiophene rings is 1. The summed E-state index contributed by atoms with van der Waals surface area (Å²) in [6.45, 7) is 8.39. The summed E-state index contributed by atoms with van der Waals surface area (Å²) in [6, 6.07) is 24.4. The zero-order valence-corrected chi connectivity index (χ0v) is 29.5. The molecule has 2 aromatic heterocycles. The van der Waals surface area contributed by atoms with E-state index < -0.39 is 0 Å². The van der Waals surface area contributed by atoms with E-state index >= 15 is 0 Å². The number of anilines is 2. The molecule has 2 fully saturated rings. The Kier molecular flexibility index (Phi) is 8.81. The molecule has 2 bridgehead atoms. The monoisotopic (exact) mass is 679 g/mol. The topological polar surface area (TPSA) is 79.3 Å². The molecule has 2 aliphatic rings. The van der Waals surface area contributed by atoms with Gasteiger partial charge in [-0.1, -0.05) is 62.2 Å². The Morgan fingerprint density at radius 2 is 1.71 bits per heavy atom. The number of benzene rings is 3. The van der Waals surface area contributed by atoms with Gasteiger partial charge in [0.2, 0.25) is 5.91 Å². The number of aromatic nitrogens is 2. The average molecular weight is 680 g/mol. The van der Waals surface area contributed by atoms with Gasteiger partial charge in [0.15, 0.2) is 0 Å². The van der Waals surface area contributed by atoms with E-state index in [-0.39, 0.29) is 29.4 Å². The number of hydrogen-bond donors (Lipinski definition) is 2. The molecule has 5 aromatic rings. The number of aryl methyl sites for hydroxylation is 1. The van der Waals surface area contributed by atoms with Gasteiger partial charge in [0.25, 0.3) is 0 Å². The number of nitrogens with zero attached hydrogens (tertiary/aromatic N) is 3. The van der Waals surface area contributed by atoms with Crippen molar-refractivity contribution in [2.45, 2.75) is 83.7 Å². The smallest absolute Gasteiger partial charge is 0.324 e. The van der Waals surface area contributed by atoms with Crippen LogP contribution < -0.4 is 10.6 Å². The maximum atomic E-state index is 13.6. The molecule has 3 aromatic carbocycles. The molecule has 48 heavy (non-hydrogen) atoms. The van der Waals surface area contributed by atoms with E-state index in [1.165, 1.54) is 10.3 Å². The summed E-state index contributed by atoms with van der Waals surface area (Å²) in [7, 11) is 0. The second-order valence-electron chi connectivity index (χ2n) is 14.5. The lowest BCUT2D eigenvalue weighted by molar-refractivity contribution is -0.135. The minimum absolute atomic E-state index is 0.173. The lowest BCUT2D eigenvalue weighted by atomic mass is 9.85. The summed E-state index contributed by atoms with van der Waals surface area (Å²) in [5.41, 5.74) is 5.79. The number of rotatable bonds is 7. The average Bonchev–Trinajstić information content (AvgIpc) is 3.71. The highest BCUT2D eigenvalue weighted by atomic mass is 35.5. The summed E-state index contributed by atoms with van der Waals surface area (Å²) in [5.74, 6) is 1.34. The molecule has 0 aliphatic carbocycles. The lowest BCUT2D eigenvalue weighted by Gasteiger charge is -2.39. The molecule has 0 radical (unpaired) electrons. The number of hydrogen-bond acceptors (Lipinski definition) is 4. The van der Waals surface area contributed by atoms with Gasteiger partial charge in [0, 0.05) is 39.0 Å². The first-order valence-corrected chi connectivity index (χ1v) is 18.1. The van der Waals surface area contributed by atoms with Crippen molar-refractivity contribution in [2.24, 2.45) is 5.92 Å². The van der Waals surface area contributed by atoms with Gasteiger partial charge < -0.3 is 10.2 Å².